The van der Waals surface area contributed by atoms with E-state index in [1.807, 2.05) is 12.1 Å². The lowest BCUT2D eigenvalue weighted by atomic mass is 9.90. The summed E-state index contributed by atoms with van der Waals surface area (Å²) in [6, 6.07) is 3.72. The molecule has 104 valence electrons. The van der Waals surface area contributed by atoms with E-state index >= 15 is 0 Å². The number of carboxylic acids is 1. The fourth-order valence-corrected chi connectivity index (χ4v) is 3.51. The number of amides is 1. The maximum atomic E-state index is 12.0. The van der Waals surface area contributed by atoms with E-state index in [-0.39, 0.29) is 12.3 Å². The molecule has 5 nitrogen and oxygen atoms in total. The second-order valence-electron chi connectivity index (χ2n) is 4.43. The third kappa shape index (κ3) is 3.55. The van der Waals surface area contributed by atoms with Gasteiger partial charge in [-0.15, -0.1) is 11.3 Å². The van der Waals surface area contributed by atoms with Gasteiger partial charge in [0.25, 0.3) is 0 Å². The van der Waals surface area contributed by atoms with E-state index in [0.717, 1.165) is 8.66 Å². The molecule has 1 aliphatic heterocycles. The number of carbonyl (C=O) groups is 2. The molecule has 2 N–H and O–H groups in total. The van der Waals surface area contributed by atoms with Crippen molar-refractivity contribution in [3.63, 3.8) is 0 Å². The number of hydrogen-bond donors (Lipinski definition) is 2. The Morgan fingerprint density at radius 3 is 2.63 bits per heavy atom. The molecule has 1 aromatic heterocycles. The van der Waals surface area contributed by atoms with Crippen LogP contribution in [0.3, 0.4) is 0 Å². The van der Waals surface area contributed by atoms with Crippen molar-refractivity contribution in [3.05, 3.63) is 20.8 Å². The molecule has 7 heteroatoms. The fourth-order valence-electron chi connectivity index (χ4n) is 2.03. The van der Waals surface area contributed by atoms with Gasteiger partial charge < -0.3 is 15.2 Å². The van der Waals surface area contributed by atoms with Gasteiger partial charge in [0, 0.05) is 30.9 Å². The van der Waals surface area contributed by atoms with Crippen molar-refractivity contribution in [2.75, 3.05) is 13.2 Å². The molecular weight excluding hydrogens is 334 g/mol. The van der Waals surface area contributed by atoms with Gasteiger partial charge >= 0.3 is 5.97 Å². The molecule has 1 amide bonds. The number of nitrogens with one attached hydrogen (secondary N) is 1. The maximum Gasteiger partial charge on any atom is 0.329 e. The standard InChI is InChI=1S/C12H14BrNO4S/c13-9-2-1-8(19-9)7-10(15)14-12(11(16)17)3-5-18-6-4-12/h1-2H,3-7H2,(H,14,15)(H,16,17). The molecule has 2 heterocycles. The van der Waals surface area contributed by atoms with Gasteiger partial charge in [0.1, 0.15) is 5.54 Å². The molecule has 1 saturated heterocycles. The normalized spacial score (nSPS) is 17.9. The monoisotopic (exact) mass is 347 g/mol. The Labute approximate surface area is 123 Å². The lowest BCUT2D eigenvalue weighted by Gasteiger charge is -2.33. The highest BCUT2D eigenvalue weighted by Crippen LogP contribution is 2.24. The van der Waals surface area contributed by atoms with Crippen LogP contribution in [0.5, 0.6) is 0 Å². The Kier molecular flexibility index (Phi) is 4.59. The van der Waals surface area contributed by atoms with Crippen LogP contribution in [-0.2, 0) is 20.7 Å². The highest BCUT2D eigenvalue weighted by molar-refractivity contribution is 9.11. The van der Waals surface area contributed by atoms with E-state index in [9.17, 15) is 14.7 Å². The molecule has 0 unspecified atom stereocenters. The number of aliphatic carboxylic acids is 1. The molecule has 2 rings (SSSR count). The predicted octanol–water partition coefficient (Wildman–Crippen LogP) is 1.80. The number of thiophene rings is 1. The van der Waals surface area contributed by atoms with Crippen LogP contribution in [0, 0.1) is 0 Å². The smallest absolute Gasteiger partial charge is 0.329 e. The molecule has 0 aromatic carbocycles. The third-order valence-corrected chi connectivity index (χ3v) is 4.72. The molecule has 0 spiro atoms. The van der Waals surface area contributed by atoms with E-state index in [1.165, 1.54) is 11.3 Å². The van der Waals surface area contributed by atoms with Crippen LogP contribution in [0.2, 0.25) is 0 Å². The average Bonchev–Trinajstić information content (AvgIpc) is 2.75. The average molecular weight is 348 g/mol. The summed E-state index contributed by atoms with van der Waals surface area (Å²) < 4.78 is 6.11. The first-order chi connectivity index (χ1) is 9.02. The van der Waals surface area contributed by atoms with Crippen LogP contribution in [0.1, 0.15) is 17.7 Å². The third-order valence-electron chi connectivity index (χ3n) is 3.10. The molecule has 1 aromatic rings. The summed E-state index contributed by atoms with van der Waals surface area (Å²) in [4.78, 5) is 24.3. The molecule has 1 fully saturated rings. The highest BCUT2D eigenvalue weighted by atomic mass is 79.9. The number of carbonyl (C=O) groups excluding carboxylic acids is 1. The number of rotatable bonds is 4. The summed E-state index contributed by atoms with van der Waals surface area (Å²) in [5, 5.41) is 12.0. The molecule has 0 bridgehead atoms. The van der Waals surface area contributed by atoms with Gasteiger partial charge in [-0.05, 0) is 28.1 Å². The van der Waals surface area contributed by atoms with E-state index in [4.69, 9.17) is 4.74 Å². The topological polar surface area (TPSA) is 75.6 Å². The molecule has 19 heavy (non-hydrogen) atoms. The molecule has 0 radical (unpaired) electrons. The second-order valence-corrected chi connectivity index (χ2v) is 6.98. The largest absolute Gasteiger partial charge is 0.480 e. The van der Waals surface area contributed by atoms with E-state index in [1.54, 1.807) is 0 Å². The predicted molar refractivity (Wildman–Crippen MR) is 74.3 cm³/mol. The minimum atomic E-state index is -1.18. The summed E-state index contributed by atoms with van der Waals surface area (Å²) in [6.45, 7) is 0.717. The van der Waals surface area contributed by atoms with Crippen molar-refractivity contribution >= 4 is 39.1 Å². The fraction of sp³-hybridized carbons (Fsp3) is 0.500. The first kappa shape index (κ1) is 14.5. The highest BCUT2D eigenvalue weighted by Gasteiger charge is 2.41. The Bertz CT molecular complexity index is 482. The van der Waals surface area contributed by atoms with Crippen LogP contribution in [-0.4, -0.2) is 35.7 Å². The summed E-state index contributed by atoms with van der Waals surface area (Å²) >= 11 is 4.80. The zero-order valence-corrected chi connectivity index (χ0v) is 12.6. The van der Waals surface area contributed by atoms with Gasteiger partial charge in [0.15, 0.2) is 0 Å². The van der Waals surface area contributed by atoms with Crippen molar-refractivity contribution in [2.45, 2.75) is 24.8 Å². The molecule has 0 aliphatic carbocycles. The maximum absolute atomic E-state index is 12.0. The van der Waals surface area contributed by atoms with E-state index in [0.29, 0.717) is 26.1 Å². The number of halogens is 1. The minimum absolute atomic E-state index is 0.201. The molecule has 0 atom stereocenters. The minimum Gasteiger partial charge on any atom is -0.480 e. The van der Waals surface area contributed by atoms with Gasteiger partial charge in [-0.3, -0.25) is 4.79 Å². The zero-order valence-electron chi connectivity index (χ0n) is 10.1. The first-order valence-electron chi connectivity index (χ1n) is 5.88. The van der Waals surface area contributed by atoms with Gasteiger partial charge in [-0.1, -0.05) is 0 Å². The van der Waals surface area contributed by atoms with Crippen molar-refractivity contribution in [1.82, 2.24) is 5.32 Å². The number of hydrogen-bond acceptors (Lipinski definition) is 4. The molecule has 0 saturated carbocycles. The lowest BCUT2D eigenvalue weighted by Crippen LogP contribution is -2.57. The van der Waals surface area contributed by atoms with Gasteiger partial charge in [-0.25, -0.2) is 4.79 Å². The van der Waals surface area contributed by atoms with Gasteiger partial charge in [0.2, 0.25) is 5.91 Å². The Morgan fingerprint density at radius 1 is 1.42 bits per heavy atom. The number of carboxylic acid groups (broad SMARTS) is 1. The summed E-state index contributed by atoms with van der Waals surface area (Å²) in [6.07, 6.45) is 0.816. The summed E-state index contributed by atoms with van der Waals surface area (Å²) in [5.41, 5.74) is -1.18. The summed E-state index contributed by atoms with van der Waals surface area (Å²) in [7, 11) is 0. The van der Waals surface area contributed by atoms with Crippen LogP contribution < -0.4 is 5.32 Å². The van der Waals surface area contributed by atoms with Crippen molar-refractivity contribution in [2.24, 2.45) is 0 Å². The van der Waals surface area contributed by atoms with Crippen LogP contribution in [0.15, 0.2) is 15.9 Å². The Hall–Kier alpha value is -0.920. The van der Waals surface area contributed by atoms with Crippen LogP contribution in [0.4, 0.5) is 0 Å². The van der Waals surface area contributed by atoms with Crippen LogP contribution in [0.25, 0.3) is 0 Å². The zero-order chi connectivity index (χ0) is 13.9. The van der Waals surface area contributed by atoms with Gasteiger partial charge in [0.05, 0.1) is 10.2 Å². The SMILES string of the molecule is O=C(Cc1ccc(Br)s1)NC1(C(=O)O)CCOCC1. The number of ether oxygens (including phenoxy) is 1. The quantitative estimate of drug-likeness (QED) is 0.870. The Balaban J connectivity index is 2.01. The first-order valence-corrected chi connectivity index (χ1v) is 7.49. The Morgan fingerprint density at radius 2 is 2.11 bits per heavy atom. The van der Waals surface area contributed by atoms with E-state index in [2.05, 4.69) is 21.2 Å². The molecular formula is C12H14BrNO4S. The molecule has 1 aliphatic rings. The lowest BCUT2D eigenvalue weighted by molar-refractivity contribution is -0.152. The summed E-state index contributed by atoms with van der Waals surface area (Å²) in [5.74, 6) is -1.25. The van der Waals surface area contributed by atoms with Crippen molar-refractivity contribution in [1.29, 1.82) is 0 Å². The van der Waals surface area contributed by atoms with E-state index < -0.39 is 11.5 Å². The van der Waals surface area contributed by atoms with Crippen molar-refractivity contribution in [3.8, 4) is 0 Å². The van der Waals surface area contributed by atoms with Crippen molar-refractivity contribution < 1.29 is 19.4 Å². The van der Waals surface area contributed by atoms with Gasteiger partial charge in [-0.2, -0.15) is 0 Å². The second kappa shape index (κ2) is 6.02. The van der Waals surface area contributed by atoms with Crippen LogP contribution >= 0.6 is 27.3 Å².